The molecule has 1 aromatic heterocycles. The van der Waals surface area contributed by atoms with Crippen LogP contribution >= 0.6 is 0 Å². The minimum atomic E-state index is -0.519. The zero-order valence-corrected chi connectivity index (χ0v) is 13.0. The highest BCUT2D eigenvalue weighted by molar-refractivity contribution is 5.94. The molecule has 4 nitrogen and oxygen atoms in total. The number of nitrogens with zero attached hydrogens (tertiary/aromatic N) is 1. The Labute approximate surface area is 130 Å². The van der Waals surface area contributed by atoms with Crippen molar-refractivity contribution in [3.05, 3.63) is 41.2 Å². The van der Waals surface area contributed by atoms with Crippen molar-refractivity contribution in [3.63, 3.8) is 0 Å². The quantitative estimate of drug-likeness (QED) is 0.805. The summed E-state index contributed by atoms with van der Waals surface area (Å²) in [6, 6.07) is 4.02. The van der Waals surface area contributed by atoms with Gasteiger partial charge in [-0.3, -0.25) is 4.98 Å². The molecule has 2 fully saturated rings. The van der Waals surface area contributed by atoms with Crippen LogP contribution in [0.25, 0.3) is 0 Å². The van der Waals surface area contributed by atoms with E-state index in [9.17, 15) is 4.79 Å². The number of allylic oxidation sites excluding steroid dienone is 1. The van der Waals surface area contributed by atoms with Gasteiger partial charge in [0.2, 0.25) is 0 Å². The van der Waals surface area contributed by atoms with Crippen LogP contribution in [0.2, 0.25) is 0 Å². The maximum Gasteiger partial charge on any atom is 0.337 e. The molecule has 22 heavy (non-hydrogen) atoms. The Kier molecular flexibility index (Phi) is 3.12. The van der Waals surface area contributed by atoms with Crippen LogP contribution in [0.5, 0.6) is 0 Å². The number of rotatable bonds is 3. The average molecular weight is 299 g/mol. The summed E-state index contributed by atoms with van der Waals surface area (Å²) in [5.41, 5.74) is 2.28. The zero-order valence-electron chi connectivity index (χ0n) is 13.0. The normalized spacial score (nSPS) is 36.0. The summed E-state index contributed by atoms with van der Waals surface area (Å²) in [4.78, 5) is 16.5. The smallest absolute Gasteiger partial charge is 0.337 e. The molecule has 0 spiro atoms. The van der Waals surface area contributed by atoms with Gasteiger partial charge < -0.3 is 9.47 Å². The second-order valence-electron chi connectivity index (χ2n) is 6.85. The van der Waals surface area contributed by atoms with Gasteiger partial charge in [-0.15, -0.1) is 0 Å². The van der Waals surface area contributed by atoms with E-state index in [1.807, 2.05) is 25.3 Å². The van der Waals surface area contributed by atoms with Crippen molar-refractivity contribution < 1.29 is 14.3 Å². The molecular formula is C18H21NO3. The highest BCUT2D eigenvalue weighted by atomic mass is 16.6. The maximum atomic E-state index is 12.2. The van der Waals surface area contributed by atoms with Crippen molar-refractivity contribution in [3.8, 4) is 0 Å². The molecule has 0 N–H and O–H groups in total. The maximum absolute atomic E-state index is 12.2. The SMILES string of the molecule is Cc1ccc(CO[C@@]23C4=C[C@H](C)C[C@@H]2CC[C@@H]3OC4=O)cn1. The van der Waals surface area contributed by atoms with Gasteiger partial charge >= 0.3 is 5.97 Å². The molecule has 0 bridgehead atoms. The molecule has 1 saturated heterocycles. The number of aryl methyl sites for hydroxylation is 1. The van der Waals surface area contributed by atoms with E-state index in [0.717, 1.165) is 36.1 Å². The average Bonchev–Trinajstić information content (AvgIpc) is 2.97. The molecule has 4 rings (SSSR count). The molecule has 4 atom stereocenters. The van der Waals surface area contributed by atoms with Crippen LogP contribution in [0, 0.1) is 18.8 Å². The molecule has 116 valence electrons. The summed E-state index contributed by atoms with van der Waals surface area (Å²) in [5.74, 6) is 0.628. The van der Waals surface area contributed by atoms with Gasteiger partial charge in [0.25, 0.3) is 0 Å². The first-order valence-corrected chi connectivity index (χ1v) is 8.08. The van der Waals surface area contributed by atoms with E-state index in [2.05, 4.69) is 18.0 Å². The molecule has 1 saturated carbocycles. The lowest BCUT2D eigenvalue weighted by Crippen LogP contribution is -2.46. The van der Waals surface area contributed by atoms with E-state index < -0.39 is 5.60 Å². The fourth-order valence-electron chi connectivity index (χ4n) is 4.30. The first-order chi connectivity index (χ1) is 10.6. The van der Waals surface area contributed by atoms with E-state index in [-0.39, 0.29) is 12.1 Å². The Morgan fingerprint density at radius 3 is 3.05 bits per heavy atom. The molecular weight excluding hydrogens is 278 g/mol. The second-order valence-corrected chi connectivity index (χ2v) is 6.85. The Morgan fingerprint density at radius 1 is 1.41 bits per heavy atom. The van der Waals surface area contributed by atoms with Crippen LogP contribution < -0.4 is 0 Å². The van der Waals surface area contributed by atoms with E-state index in [1.54, 1.807) is 0 Å². The van der Waals surface area contributed by atoms with Crippen LogP contribution in [0.1, 0.15) is 37.4 Å². The molecule has 2 heterocycles. The number of pyridine rings is 1. The molecule has 1 aliphatic heterocycles. The number of carbonyl (C=O) groups is 1. The Balaban J connectivity index is 1.64. The van der Waals surface area contributed by atoms with E-state index in [4.69, 9.17) is 9.47 Å². The standard InChI is InChI=1S/C18H21NO3/c1-11-7-14-5-6-16-18(14,15(8-11)17(20)22-16)21-10-13-4-3-12(2)19-9-13/h3-4,8-9,11,14,16H,5-7,10H2,1-2H3/t11-,14+,16+,18-/m1/s1. The third-order valence-electron chi connectivity index (χ3n) is 5.31. The van der Waals surface area contributed by atoms with Crippen molar-refractivity contribution in [1.82, 2.24) is 4.98 Å². The number of hydrogen-bond donors (Lipinski definition) is 0. The Hall–Kier alpha value is -1.68. The molecule has 3 aliphatic rings. The first-order valence-electron chi connectivity index (χ1n) is 8.08. The molecule has 0 radical (unpaired) electrons. The van der Waals surface area contributed by atoms with E-state index in [1.165, 1.54) is 0 Å². The molecule has 2 aliphatic carbocycles. The van der Waals surface area contributed by atoms with Crippen LogP contribution in [0.15, 0.2) is 30.0 Å². The number of ether oxygens (including phenoxy) is 2. The van der Waals surface area contributed by atoms with Gasteiger partial charge in [-0.05, 0) is 49.7 Å². The van der Waals surface area contributed by atoms with E-state index in [0.29, 0.717) is 18.4 Å². The summed E-state index contributed by atoms with van der Waals surface area (Å²) in [5, 5.41) is 0. The van der Waals surface area contributed by atoms with Crippen molar-refractivity contribution in [2.45, 2.75) is 51.4 Å². The van der Waals surface area contributed by atoms with Gasteiger partial charge in [0, 0.05) is 11.9 Å². The number of aromatic nitrogens is 1. The minimum Gasteiger partial charge on any atom is -0.455 e. The molecule has 1 aromatic rings. The van der Waals surface area contributed by atoms with Gasteiger partial charge in [-0.25, -0.2) is 4.79 Å². The third-order valence-corrected chi connectivity index (χ3v) is 5.31. The number of carbonyl (C=O) groups excluding carboxylic acids is 1. The van der Waals surface area contributed by atoms with Crippen LogP contribution in [-0.2, 0) is 20.9 Å². The van der Waals surface area contributed by atoms with Crippen molar-refractivity contribution in [2.75, 3.05) is 0 Å². The minimum absolute atomic E-state index is 0.109. The second kappa shape index (κ2) is 4.92. The van der Waals surface area contributed by atoms with E-state index >= 15 is 0 Å². The summed E-state index contributed by atoms with van der Waals surface area (Å²) in [7, 11) is 0. The van der Waals surface area contributed by atoms with Crippen molar-refractivity contribution in [2.24, 2.45) is 11.8 Å². The van der Waals surface area contributed by atoms with Gasteiger partial charge in [-0.1, -0.05) is 19.1 Å². The van der Waals surface area contributed by atoms with Crippen LogP contribution in [0.4, 0.5) is 0 Å². The molecule has 4 heteroatoms. The molecule has 0 amide bonds. The fraction of sp³-hybridized carbons (Fsp3) is 0.556. The summed E-state index contributed by atoms with van der Waals surface area (Å²) in [6.45, 7) is 4.61. The summed E-state index contributed by atoms with van der Waals surface area (Å²) in [6.07, 6.45) is 6.86. The number of hydrogen-bond acceptors (Lipinski definition) is 4. The monoisotopic (exact) mass is 299 g/mol. The first kappa shape index (κ1) is 13.9. The van der Waals surface area contributed by atoms with Crippen LogP contribution in [0.3, 0.4) is 0 Å². The van der Waals surface area contributed by atoms with Crippen molar-refractivity contribution >= 4 is 5.97 Å². The largest absolute Gasteiger partial charge is 0.455 e. The lowest BCUT2D eigenvalue weighted by Gasteiger charge is -2.38. The highest BCUT2D eigenvalue weighted by Gasteiger charge is 2.63. The lowest BCUT2D eigenvalue weighted by atomic mass is 9.73. The Morgan fingerprint density at radius 2 is 2.27 bits per heavy atom. The molecule has 0 unspecified atom stereocenters. The highest BCUT2D eigenvalue weighted by Crippen LogP contribution is 2.55. The van der Waals surface area contributed by atoms with Gasteiger partial charge in [-0.2, -0.15) is 0 Å². The molecule has 0 aromatic carbocycles. The summed E-state index contributed by atoms with van der Waals surface area (Å²) < 4.78 is 12.0. The van der Waals surface area contributed by atoms with Gasteiger partial charge in [0.1, 0.15) is 11.7 Å². The predicted molar refractivity (Wildman–Crippen MR) is 81.0 cm³/mol. The lowest BCUT2D eigenvalue weighted by molar-refractivity contribution is -0.142. The van der Waals surface area contributed by atoms with Crippen molar-refractivity contribution in [1.29, 1.82) is 0 Å². The zero-order chi connectivity index (χ0) is 15.3. The topological polar surface area (TPSA) is 48.4 Å². The fourth-order valence-corrected chi connectivity index (χ4v) is 4.30. The van der Waals surface area contributed by atoms with Gasteiger partial charge in [0.05, 0.1) is 12.2 Å². The predicted octanol–water partition coefficient (Wildman–Crippen LogP) is 2.95. The third kappa shape index (κ3) is 1.93. The number of esters is 1. The van der Waals surface area contributed by atoms with Gasteiger partial charge in [0.15, 0.2) is 0 Å². The summed E-state index contributed by atoms with van der Waals surface area (Å²) >= 11 is 0. The van der Waals surface area contributed by atoms with Crippen LogP contribution in [-0.4, -0.2) is 22.7 Å². The Bertz CT molecular complexity index is 636.